The van der Waals surface area contributed by atoms with Crippen LogP contribution in [0.4, 0.5) is 0 Å². The van der Waals surface area contributed by atoms with Gasteiger partial charge in [-0.2, -0.15) is 0 Å². The van der Waals surface area contributed by atoms with Crippen LogP contribution in [0.2, 0.25) is 0 Å². The summed E-state index contributed by atoms with van der Waals surface area (Å²) in [5.41, 5.74) is 0.760. The fourth-order valence-corrected chi connectivity index (χ4v) is 5.04. The lowest BCUT2D eigenvalue weighted by molar-refractivity contribution is 0.267. The normalized spacial score (nSPS) is 23.5. The molecule has 2 rings (SSSR count). The van der Waals surface area contributed by atoms with E-state index in [2.05, 4.69) is 39.9 Å². The van der Waals surface area contributed by atoms with Gasteiger partial charge in [-0.05, 0) is 38.5 Å². The Bertz CT molecular complexity index is 346. The molecule has 0 atom stereocenters. The van der Waals surface area contributed by atoms with Crippen molar-refractivity contribution in [2.75, 3.05) is 5.75 Å². The largest absolute Gasteiger partial charge is 0.360 e. The maximum atomic E-state index is 5.06. The van der Waals surface area contributed by atoms with E-state index in [9.17, 15) is 0 Å². The molecule has 19 heavy (non-hydrogen) atoms. The molecule has 0 bridgehead atoms. The van der Waals surface area contributed by atoms with E-state index < -0.39 is 0 Å². The van der Waals surface area contributed by atoms with Gasteiger partial charge in [0.25, 0.3) is 0 Å². The molecular weight excluding hydrogens is 252 g/mol. The Balaban J connectivity index is 1.98. The molecule has 1 N–H and O–H groups in total. The maximum Gasteiger partial charge on any atom is 0.157 e. The van der Waals surface area contributed by atoms with E-state index in [0.717, 1.165) is 6.42 Å². The number of rotatable bonds is 2. The zero-order valence-electron chi connectivity index (χ0n) is 13.3. The van der Waals surface area contributed by atoms with Crippen molar-refractivity contribution in [2.24, 2.45) is 10.4 Å². The molecule has 1 heterocycles. The first-order chi connectivity index (χ1) is 8.70. The quantitative estimate of drug-likeness (QED) is 0.800. The highest BCUT2D eigenvalue weighted by atomic mass is 32.2. The van der Waals surface area contributed by atoms with Crippen LogP contribution in [0, 0.1) is 5.41 Å². The summed E-state index contributed by atoms with van der Waals surface area (Å²) in [4.78, 5) is 5.06. The summed E-state index contributed by atoms with van der Waals surface area (Å²) in [7, 11) is 0. The molecule has 0 unspecified atom stereocenters. The Morgan fingerprint density at radius 2 is 1.74 bits per heavy atom. The molecule has 0 radical (unpaired) electrons. The second-order valence-electron chi connectivity index (χ2n) is 8.24. The zero-order chi connectivity index (χ0) is 14.1. The van der Waals surface area contributed by atoms with Gasteiger partial charge >= 0.3 is 0 Å². The van der Waals surface area contributed by atoms with E-state index in [4.69, 9.17) is 4.99 Å². The van der Waals surface area contributed by atoms with Crippen molar-refractivity contribution in [1.82, 2.24) is 5.32 Å². The Morgan fingerprint density at radius 1 is 1.11 bits per heavy atom. The monoisotopic (exact) mass is 282 g/mol. The number of nitrogens with one attached hydrogen (secondary N) is 1. The van der Waals surface area contributed by atoms with Crippen LogP contribution in [0.3, 0.4) is 0 Å². The number of hydrogen-bond acceptors (Lipinski definition) is 3. The molecule has 0 aromatic heterocycles. The highest BCUT2D eigenvalue weighted by molar-refractivity contribution is 8.14. The van der Waals surface area contributed by atoms with Gasteiger partial charge in [-0.1, -0.05) is 51.8 Å². The Morgan fingerprint density at radius 3 is 2.32 bits per heavy atom. The molecule has 2 aliphatic rings. The molecule has 1 saturated carbocycles. The van der Waals surface area contributed by atoms with Gasteiger partial charge in [0.05, 0.1) is 5.54 Å². The van der Waals surface area contributed by atoms with Crippen molar-refractivity contribution in [1.29, 1.82) is 0 Å². The average molecular weight is 282 g/mol. The first kappa shape index (κ1) is 15.2. The minimum atomic E-state index is 0.129. The molecule has 0 saturated heterocycles. The smallest absolute Gasteiger partial charge is 0.157 e. The first-order valence-electron chi connectivity index (χ1n) is 7.71. The molecule has 3 heteroatoms. The van der Waals surface area contributed by atoms with Crippen LogP contribution in [0.5, 0.6) is 0 Å². The standard InChI is InChI=1S/C16H30N2S/c1-14(2,3)11-15(4,5)17-13-18-16(12-19-13)9-7-6-8-10-16/h6-12H2,1-5H3,(H,17,18). The van der Waals surface area contributed by atoms with Gasteiger partial charge in [0, 0.05) is 11.3 Å². The Labute approximate surface area is 123 Å². The second-order valence-corrected chi connectivity index (χ2v) is 9.20. The van der Waals surface area contributed by atoms with E-state index in [0.29, 0.717) is 5.41 Å². The highest BCUT2D eigenvalue weighted by Crippen LogP contribution is 2.40. The van der Waals surface area contributed by atoms with Gasteiger partial charge in [-0.25, -0.2) is 0 Å². The molecule has 0 aromatic carbocycles. The number of hydrogen-bond donors (Lipinski definition) is 1. The fraction of sp³-hybridized carbons (Fsp3) is 0.938. The number of thioether (sulfide) groups is 1. The van der Waals surface area contributed by atoms with E-state index >= 15 is 0 Å². The van der Waals surface area contributed by atoms with Gasteiger partial charge in [0.15, 0.2) is 5.17 Å². The summed E-state index contributed by atoms with van der Waals surface area (Å²) in [5.74, 6) is 1.20. The topological polar surface area (TPSA) is 24.4 Å². The maximum absolute atomic E-state index is 5.06. The van der Waals surface area contributed by atoms with Crippen molar-refractivity contribution in [3.63, 3.8) is 0 Å². The number of amidine groups is 1. The molecular formula is C16H30N2S. The van der Waals surface area contributed by atoms with Crippen LogP contribution >= 0.6 is 11.8 Å². The predicted molar refractivity (Wildman–Crippen MR) is 87.0 cm³/mol. The summed E-state index contributed by atoms with van der Waals surface area (Å²) >= 11 is 1.94. The van der Waals surface area contributed by atoms with Gasteiger partial charge < -0.3 is 5.32 Å². The average Bonchev–Trinajstić information content (AvgIpc) is 2.57. The molecule has 110 valence electrons. The summed E-state index contributed by atoms with van der Waals surface area (Å²) in [6, 6.07) is 0. The van der Waals surface area contributed by atoms with Crippen LogP contribution in [-0.2, 0) is 0 Å². The number of nitrogens with zero attached hydrogens (tertiary/aromatic N) is 1. The van der Waals surface area contributed by atoms with Crippen molar-refractivity contribution in [3.8, 4) is 0 Å². The summed E-state index contributed by atoms with van der Waals surface area (Å²) in [5, 5.41) is 4.89. The van der Waals surface area contributed by atoms with Crippen LogP contribution in [0.15, 0.2) is 4.99 Å². The Hall–Kier alpha value is -0.180. The van der Waals surface area contributed by atoms with E-state index in [1.165, 1.54) is 43.0 Å². The molecule has 2 nitrogen and oxygen atoms in total. The lowest BCUT2D eigenvalue weighted by atomic mass is 9.82. The molecule has 0 aromatic rings. The van der Waals surface area contributed by atoms with Crippen molar-refractivity contribution >= 4 is 16.9 Å². The van der Waals surface area contributed by atoms with E-state index in [1.807, 2.05) is 11.8 Å². The molecule has 1 spiro atoms. The molecule has 1 aliphatic carbocycles. The van der Waals surface area contributed by atoms with Crippen molar-refractivity contribution < 1.29 is 0 Å². The highest BCUT2D eigenvalue weighted by Gasteiger charge is 2.38. The van der Waals surface area contributed by atoms with Crippen molar-refractivity contribution in [3.05, 3.63) is 0 Å². The third kappa shape index (κ3) is 4.40. The third-order valence-corrected chi connectivity index (χ3v) is 5.17. The molecule has 0 amide bonds. The van der Waals surface area contributed by atoms with E-state index in [-0.39, 0.29) is 11.1 Å². The van der Waals surface area contributed by atoms with E-state index in [1.54, 1.807) is 0 Å². The predicted octanol–water partition coefficient (Wildman–Crippen LogP) is 4.60. The fourth-order valence-electron chi connectivity index (χ4n) is 3.67. The van der Waals surface area contributed by atoms with Gasteiger partial charge in [-0.15, -0.1) is 0 Å². The van der Waals surface area contributed by atoms with Crippen LogP contribution in [0.25, 0.3) is 0 Å². The van der Waals surface area contributed by atoms with Crippen LogP contribution in [0.1, 0.15) is 73.1 Å². The lowest BCUT2D eigenvalue weighted by Gasteiger charge is -2.34. The molecule has 1 aliphatic heterocycles. The van der Waals surface area contributed by atoms with Gasteiger partial charge in [0.2, 0.25) is 0 Å². The summed E-state index contributed by atoms with van der Waals surface area (Å²) in [6.07, 6.45) is 7.88. The second kappa shape index (κ2) is 5.31. The molecule has 1 fully saturated rings. The summed E-state index contributed by atoms with van der Waals surface area (Å²) < 4.78 is 0. The van der Waals surface area contributed by atoms with Gasteiger partial charge in [0.1, 0.15) is 0 Å². The van der Waals surface area contributed by atoms with Crippen LogP contribution in [-0.4, -0.2) is 22.0 Å². The minimum Gasteiger partial charge on any atom is -0.360 e. The first-order valence-corrected chi connectivity index (χ1v) is 8.69. The third-order valence-electron chi connectivity index (χ3n) is 4.02. The zero-order valence-corrected chi connectivity index (χ0v) is 14.1. The lowest BCUT2D eigenvalue weighted by Crippen LogP contribution is -2.44. The SMILES string of the molecule is CC(C)(C)CC(C)(C)NC1=NC2(CCCCC2)CS1. The van der Waals surface area contributed by atoms with Gasteiger partial charge in [-0.3, -0.25) is 4.99 Å². The summed E-state index contributed by atoms with van der Waals surface area (Å²) in [6.45, 7) is 11.5. The number of aliphatic imine (C=N–C) groups is 1. The van der Waals surface area contributed by atoms with Crippen LogP contribution < -0.4 is 5.32 Å². The Kier molecular flexibility index (Phi) is 4.25. The van der Waals surface area contributed by atoms with Crippen molar-refractivity contribution in [2.45, 2.75) is 84.2 Å². The minimum absolute atomic E-state index is 0.129.